The van der Waals surface area contributed by atoms with Crippen LogP contribution in [0.15, 0.2) is 0 Å². The van der Waals surface area contributed by atoms with Gasteiger partial charge in [0.15, 0.2) is 0 Å². The average Bonchev–Trinajstić information content (AvgIpc) is 2.46. The van der Waals surface area contributed by atoms with E-state index in [2.05, 4.69) is 10.6 Å². The molecule has 4 N–H and O–H groups in total. The largest absolute Gasteiger partial charge is 0.354 e. The van der Waals surface area contributed by atoms with Gasteiger partial charge >= 0.3 is 0 Å². The molecule has 0 spiro atoms. The maximum atomic E-state index is 12.0. The lowest BCUT2D eigenvalue weighted by molar-refractivity contribution is -0.124. The third-order valence-electron chi connectivity index (χ3n) is 4.48. The van der Waals surface area contributed by atoms with Crippen LogP contribution < -0.4 is 16.4 Å². The zero-order valence-corrected chi connectivity index (χ0v) is 11.3. The van der Waals surface area contributed by atoms with Crippen molar-refractivity contribution in [3.8, 4) is 0 Å². The van der Waals surface area contributed by atoms with E-state index in [4.69, 9.17) is 5.73 Å². The number of hydrogen-bond donors (Lipinski definition) is 3. The molecular weight excluding hydrogens is 226 g/mol. The minimum atomic E-state index is -0.285. The number of rotatable bonds is 4. The maximum Gasteiger partial charge on any atom is 0.237 e. The molecule has 1 amide bonds. The van der Waals surface area contributed by atoms with Crippen LogP contribution in [0.25, 0.3) is 0 Å². The van der Waals surface area contributed by atoms with Crippen molar-refractivity contribution in [2.75, 3.05) is 19.6 Å². The molecule has 4 nitrogen and oxygen atoms in total. The van der Waals surface area contributed by atoms with Crippen molar-refractivity contribution in [2.24, 2.45) is 17.6 Å². The highest BCUT2D eigenvalue weighted by molar-refractivity contribution is 5.81. The van der Waals surface area contributed by atoms with Gasteiger partial charge < -0.3 is 16.4 Å². The summed E-state index contributed by atoms with van der Waals surface area (Å²) in [5.41, 5.74) is 6.08. The van der Waals surface area contributed by atoms with E-state index in [9.17, 15) is 4.79 Å². The number of nitrogens with two attached hydrogens (primary N) is 1. The lowest BCUT2D eigenvalue weighted by Gasteiger charge is -2.28. The molecule has 1 heterocycles. The molecule has 2 fully saturated rings. The Bertz CT molecular complexity index is 258. The monoisotopic (exact) mass is 253 g/mol. The van der Waals surface area contributed by atoms with Gasteiger partial charge in [-0.25, -0.2) is 0 Å². The Balaban J connectivity index is 1.69. The Morgan fingerprint density at radius 1 is 1.17 bits per heavy atom. The van der Waals surface area contributed by atoms with Crippen LogP contribution in [-0.2, 0) is 4.79 Å². The number of piperidine rings is 1. The average molecular weight is 253 g/mol. The Labute approximate surface area is 110 Å². The van der Waals surface area contributed by atoms with Gasteiger partial charge in [0.05, 0.1) is 6.04 Å². The van der Waals surface area contributed by atoms with Gasteiger partial charge in [0.2, 0.25) is 5.91 Å². The van der Waals surface area contributed by atoms with Crippen LogP contribution in [0.1, 0.15) is 44.9 Å². The first kappa shape index (κ1) is 13.8. The van der Waals surface area contributed by atoms with Crippen LogP contribution >= 0.6 is 0 Å². The van der Waals surface area contributed by atoms with E-state index in [1.165, 1.54) is 32.1 Å². The van der Waals surface area contributed by atoms with E-state index in [1.54, 1.807) is 0 Å². The molecule has 0 unspecified atom stereocenters. The van der Waals surface area contributed by atoms with E-state index >= 15 is 0 Å². The maximum absolute atomic E-state index is 12.0. The van der Waals surface area contributed by atoms with Gasteiger partial charge in [0, 0.05) is 6.54 Å². The third-order valence-corrected chi connectivity index (χ3v) is 4.48. The zero-order valence-electron chi connectivity index (χ0n) is 11.3. The smallest absolute Gasteiger partial charge is 0.237 e. The summed E-state index contributed by atoms with van der Waals surface area (Å²) in [6.07, 6.45) is 8.36. The van der Waals surface area contributed by atoms with Crippen molar-refractivity contribution >= 4 is 5.91 Å². The van der Waals surface area contributed by atoms with Crippen LogP contribution in [0.2, 0.25) is 0 Å². The molecule has 1 aliphatic heterocycles. The van der Waals surface area contributed by atoms with Gasteiger partial charge in [0.1, 0.15) is 0 Å². The first-order valence-electron chi connectivity index (χ1n) is 7.51. The summed E-state index contributed by atoms with van der Waals surface area (Å²) < 4.78 is 0. The van der Waals surface area contributed by atoms with Gasteiger partial charge in [-0.1, -0.05) is 19.3 Å². The fraction of sp³-hybridized carbons (Fsp3) is 0.929. The molecule has 1 saturated carbocycles. The summed E-state index contributed by atoms with van der Waals surface area (Å²) in [7, 11) is 0. The lowest BCUT2D eigenvalue weighted by Crippen LogP contribution is -2.48. The molecule has 18 heavy (non-hydrogen) atoms. The van der Waals surface area contributed by atoms with Crippen molar-refractivity contribution in [3.05, 3.63) is 0 Å². The van der Waals surface area contributed by atoms with Gasteiger partial charge in [-0.05, 0) is 50.6 Å². The second-order valence-electron chi connectivity index (χ2n) is 5.86. The van der Waals surface area contributed by atoms with Crippen LogP contribution in [0.3, 0.4) is 0 Å². The van der Waals surface area contributed by atoms with E-state index in [-0.39, 0.29) is 11.9 Å². The molecule has 0 aromatic rings. The molecule has 1 aliphatic carbocycles. The summed E-state index contributed by atoms with van der Waals surface area (Å²) >= 11 is 0. The fourth-order valence-electron chi connectivity index (χ4n) is 3.16. The molecule has 0 radical (unpaired) electrons. The molecule has 0 bridgehead atoms. The first-order chi connectivity index (χ1) is 8.77. The Hall–Kier alpha value is -0.610. The highest BCUT2D eigenvalue weighted by Gasteiger charge is 2.26. The van der Waals surface area contributed by atoms with Crippen LogP contribution in [0.4, 0.5) is 0 Å². The van der Waals surface area contributed by atoms with Gasteiger partial charge in [-0.2, -0.15) is 0 Å². The number of nitrogens with one attached hydrogen (secondary N) is 2. The normalized spacial score (nSPS) is 24.7. The van der Waals surface area contributed by atoms with E-state index in [1.807, 2.05) is 0 Å². The summed E-state index contributed by atoms with van der Waals surface area (Å²) in [5, 5.41) is 6.40. The minimum absolute atomic E-state index is 0.0698. The number of carbonyl (C=O) groups is 1. The summed E-state index contributed by atoms with van der Waals surface area (Å²) in [6.45, 7) is 2.96. The number of carbonyl (C=O) groups excluding carboxylic acids is 1. The molecule has 2 rings (SSSR count). The number of amides is 1. The topological polar surface area (TPSA) is 67.2 Å². The zero-order chi connectivity index (χ0) is 12.8. The predicted octanol–water partition coefficient (Wildman–Crippen LogP) is 1.01. The van der Waals surface area contributed by atoms with Crippen LogP contribution in [0.5, 0.6) is 0 Å². The molecule has 1 saturated heterocycles. The SMILES string of the molecule is N[C@H](C(=O)NCC1CCNCC1)C1CCCCC1. The minimum Gasteiger partial charge on any atom is -0.354 e. The molecule has 4 heteroatoms. The van der Waals surface area contributed by atoms with E-state index < -0.39 is 0 Å². The molecular formula is C14H27N3O. The van der Waals surface area contributed by atoms with E-state index in [0.717, 1.165) is 32.5 Å². The van der Waals surface area contributed by atoms with Crippen LogP contribution in [-0.4, -0.2) is 31.6 Å². The summed E-state index contributed by atoms with van der Waals surface area (Å²) in [4.78, 5) is 12.0. The second kappa shape index (κ2) is 7.10. The van der Waals surface area contributed by atoms with Crippen molar-refractivity contribution in [1.82, 2.24) is 10.6 Å². The third kappa shape index (κ3) is 3.95. The molecule has 0 aromatic heterocycles. The highest BCUT2D eigenvalue weighted by Crippen LogP contribution is 2.25. The van der Waals surface area contributed by atoms with Gasteiger partial charge in [-0.3, -0.25) is 4.79 Å². The van der Waals surface area contributed by atoms with Crippen molar-refractivity contribution < 1.29 is 4.79 Å². The molecule has 104 valence electrons. The van der Waals surface area contributed by atoms with Gasteiger partial charge in [0.25, 0.3) is 0 Å². The summed E-state index contributed by atoms with van der Waals surface area (Å²) in [6, 6.07) is -0.285. The van der Waals surface area contributed by atoms with Crippen molar-refractivity contribution in [3.63, 3.8) is 0 Å². The standard InChI is InChI=1S/C14H27N3O/c15-13(12-4-2-1-3-5-12)14(18)17-10-11-6-8-16-9-7-11/h11-13,16H,1-10,15H2,(H,17,18)/t13-/m0/s1. The Morgan fingerprint density at radius 3 is 2.50 bits per heavy atom. The molecule has 2 aliphatic rings. The van der Waals surface area contributed by atoms with E-state index in [0.29, 0.717) is 11.8 Å². The van der Waals surface area contributed by atoms with Crippen molar-refractivity contribution in [2.45, 2.75) is 51.0 Å². The first-order valence-corrected chi connectivity index (χ1v) is 7.51. The van der Waals surface area contributed by atoms with Crippen molar-refractivity contribution in [1.29, 1.82) is 0 Å². The predicted molar refractivity (Wildman–Crippen MR) is 73.2 cm³/mol. The summed E-state index contributed by atoms with van der Waals surface area (Å²) in [5.74, 6) is 1.11. The fourth-order valence-corrected chi connectivity index (χ4v) is 3.16. The lowest BCUT2D eigenvalue weighted by atomic mass is 9.84. The van der Waals surface area contributed by atoms with Gasteiger partial charge in [-0.15, -0.1) is 0 Å². The molecule has 1 atom stereocenters. The quantitative estimate of drug-likeness (QED) is 0.700. The molecule has 0 aromatic carbocycles. The number of hydrogen-bond acceptors (Lipinski definition) is 3. The highest BCUT2D eigenvalue weighted by atomic mass is 16.2. The van der Waals surface area contributed by atoms with Crippen LogP contribution in [0, 0.1) is 11.8 Å². The Morgan fingerprint density at radius 2 is 1.83 bits per heavy atom. The second-order valence-corrected chi connectivity index (χ2v) is 5.86. The Kier molecular flexibility index (Phi) is 5.45.